The molecule has 1 aromatic heterocycles. The zero-order valence-corrected chi connectivity index (χ0v) is 11.4. The number of thioether (sulfide) groups is 1. The monoisotopic (exact) mass is 241 g/mol. The predicted octanol–water partition coefficient (Wildman–Crippen LogP) is 2.38. The van der Waals surface area contributed by atoms with E-state index in [0.29, 0.717) is 0 Å². The minimum absolute atomic E-state index is 0.734. The van der Waals surface area contributed by atoms with E-state index in [1.165, 1.54) is 11.4 Å². The quantitative estimate of drug-likeness (QED) is 0.758. The van der Waals surface area contributed by atoms with Gasteiger partial charge in [0, 0.05) is 19.3 Å². The van der Waals surface area contributed by atoms with Gasteiger partial charge >= 0.3 is 0 Å². The van der Waals surface area contributed by atoms with E-state index >= 15 is 0 Å². The largest absolute Gasteiger partial charge is 0.333 e. The Labute approximate surface area is 103 Å². The van der Waals surface area contributed by atoms with Crippen molar-refractivity contribution in [1.29, 1.82) is 0 Å². The van der Waals surface area contributed by atoms with E-state index in [0.717, 1.165) is 32.0 Å². The second-order valence-corrected chi connectivity index (χ2v) is 5.18. The van der Waals surface area contributed by atoms with Crippen LogP contribution in [0.2, 0.25) is 0 Å². The zero-order valence-electron chi connectivity index (χ0n) is 10.6. The van der Waals surface area contributed by atoms with E-state index < -0.39 is 0 Å². The molecule has 0 aliphatic heterocycles. The molecule has 0 saturated heterocycles. The van der Waals surface area contributed by atoms with Crippen LogP contribution in [0.3, 0.4) is 0 Å². The van der Waals surface area contributed by atoms with E-state index in [2.05, 4.69) is 35.0 Å². The lowest BCUT2D eigenvalue weighted by Gasteiger charge is -2.12. The lowest BCUT2D eigenvalue weighted by molar-refractivity contribution is 0.537. The molecule has 3 nitrogen and oxygen atoms in total. The summed E-state index contributed by atoms with van der Waals surface area (Å²) in [6.45, 7) is 7.55. The van der Waals surface area contributed by atoms with Gasteiger partial charge in [-0.3, -0.25) is 0 Å². The summed E-state index contributed by atoms with van der Waals surface area (Å²) in [6, 6.07) is 0. The molecule has 1 unspecified atom stereocenters. The molecule has 4 heteroatoms. The van der Waals surface area contributed by atoms with Gasteiger partial charge in [0.05, 0.1) is 12.0 Å². The van der Waals surface area contributed by atoms with Gasteiger partial charge in [0.1, 0.15) is 0 Å². The normalized spacial score (nSPS) is 12.9. The number of nitrogens with one attached hydrogen (secondary N) is 1. The molecule has 92 valence electrons. The summed E-state index contributed by atoms with van der Waals surface area (Å²) in [5.74, 6) is 1.96. The van der Waals surface area contributed by atoms with Crippen molar-refractivity contribution in [3.05, 3.63) is 18.2 Å². The van der Waals surface area contributed by atoms with Gasteiger partial charge in [-0.2, -0.15) is 11.8 Å². The summed E-state index contributed by atoms with van der Waals surface area (Å²) in [4.78, 5) is 4.19. The summed E-state index contributed by atoms with van der Waals surface area (Å²) >= 11 is 1.91. The standard InChI is InChI=1S/C12H23N3S/c1-4-5-15-10-14-8-12(15)7-13-6-11(2)9-16-3/h8,10-11,13H,4-7,9H2,1-3H3. The van der Waals surface area contributed by atoms with E-state index in [9.17, 15) is 0 Å². The van der Waals surface area contributed by atoms with Gasteiger partial charge in [-0.15, -0.1) is 0 Å². The van der Waals surface area contributed by atoms with Gasteiger partial charge in [-0.1, -0.05) is 13.8 Å². The number of nitrogens with zero attached hydrogens (tertiary/aromatic N) is 2. The van der Waals surface area contributed by atoms with Crippen LogP contribution in [0.5, 0.6) is 0 Å². The number of imidazole rings is 1. The highest BCUT2D eigenvalue weighted by atomic mass is 32.2. The van der Waals surface area contributed by atoms with Gasteiger partial charge in [0.25, 0.3) is 0 Å². The molecule has 0 amide bonds. The first-order chi connectivity index (χ1) is 7.77. The molecule has 0 radical (unpaired) electrons. The number of aromatic nitrogens is 2. The second kappa shape index (κ2) is 7.74. The van der Waals surface area contributed by atoms with Gasteiger partial charge in [-0.05, 0) is 30.9 Å². The van der Waals surface area contributed by atoms with Crippen molar-refractivity contribution < 1.29 is 0 Å². The Balaban J connectivity index is 2.28. The Hall–Kier alpha value is -0.480. The van der Waals surface area contributed by atoms with Crippen molar-refractivity contribution in [1.82, 2.24) is 14.9 Å². The third-order valence-corrected chi connectivity index (χ3v) is 3.42. The average molecular weight is 241 g/mol. The molecule has 0 aliphatic rings. The summed E-state index contributed by atoms with van der Waals surface area (Å²) in [5.41, 5.74) is 1.29. The third-order valence-electron chi connectivity index (χ3n) is 2.51. The molecular weight excluding hydrogens is 218 g/mol. The van der Waals surface area contributed by atoms with Crippen molar-refractivity contribution in [2.24, 2.45) is 5.92 Å². The molecule has 0 aromatic carbocycles. The maximum atomic E-state index is 4.19. The van der Waals surface area contributed by atoms with Crippen LogP contribution in [-0.4, -0.2) is 28.1 Å². The lowest BCUT2D eigenvalue weighted by atomic mass is 10.2. The van der Waals surface area contributed by atoms with E-state index in [4.69, 9.17) is 0 Å². The Kier molecular flexibility index (Phi) is 6.57. The first kappa shape index (κ1) is 13.6. The van der Waals surface area contributed by atoms with Gasteiger partial charge in [0.2, 0.25) is 0 Å². The highest BCUT2D eigenvalue weighted by Crippen LogP contribution is 2.04. The van der Waals surface area contributed by atoms with Crippen LogP contribution >= 0.6 is 11.8 Å². The van der Waals surface area contributed by atoms with E-state index in [1.807, 2.05) is 24.3 Å². The Morgan fingerprint density at radius 3 is 3.06 bits per heavy atom. The highest BCUT2D eigenvalue weighted by molar-refractivity contribution is 7.98. The molecule has 1 aromatic rings. The second-order valence-electron chi connectivity index (χ2n) is 4.27. The SMILES string of the molecule is CCCn1cncc1CNCC(C)CSC. The molecular formula is C12H23N3S. The smallest absolute Gasteiger partial charge is 0.0948 e. The Morgan fingerprint density at radius 2 is 2.38 bits per heavy atom. The first-order valence-corrected chi connectivity index (χ1v) is 7.36. The summed E-state index contributed by atoms with van der Waals surface area (Å²) in [7, 11) is 0. The maximum Gasteiger partial charge on any atom is 0.0948 e. The van der Waals surface area contributed by atoms with Crippen molar-refractivity contribution in [2.45, 2.75) is 33.4 Å². The fourth-order valence-electron chi connectivity index (χ4n) is 1.73. The van der Waals surface area contributed by atoms with Crippen LogP contribution in [0.15, 0.2) is 12.5 Å². The Morgan fingerprint density at radius 1 is 1.56 bits per heavy atom. The van der Waals surface area contributed by atoms with Crippen molar-refractivity contribution >= 4 is 11.8 Å². The lowest BCUT2D eigenvalue weighted by Crippen LogP contribution is -2.23. The molecule has 0 fully saturated rings. The minimum Gasteiger partial charge on any atom is -0.333 e. The van der Waals surface area contributed by atoms with Crippen molar-refractivity contribution in [3.63, 3.8) is 0 Å². The van der Waals surface area contributed by atoms with Crippen molar-refractivity contribution in [3.8, 4) is 0 Å². The number of hydrogen-bond acceptors (Lipinski definition) is 3. The van der Waals surface area contributed by atoms with E-state index in [1.54, 1.807) is 0 Å². The van der Waals surface area contributed by atoms with E-state index in [-0.39, 0.29) is 0 Å². The fraction of sp³-hybridized carbons (Fsp3) is 0.750. The number of rotatable bonds is 8. The molecule has 1 rings (SSSR count). The minimum atomic E-state index is 0.734. The van der Waals surface area contributed by atoms with Gasteiger partial charge in [0.15, 0.2) is 0 Å². The predicted molar refractivity (Wildman–Crippen MR) is 71.8 cm³/mol. The molecule has 0 bridgehead atoms. The van der Waals surface area contributed by atoms with Gasteiger partial charge < -0.3 is 9.88 Å². The fourth-order valence-corrected chi connectivity index (χ4v) is 2.41. The molecule has 16 heavy (non-hydrogen) atoms. The van der Waals surface area contributed by atoms with Crippen LogP contribution in [0.25, 0.3) is 0 Å². The topological polar surface area (TPSA) is 29.9 Å². The molecule has 0 spiro atoms. The first-order valence-electron chi connectivity index (χ1n) is 5.96. The van der Waals surface area contributed by atoms with Crippen LogP contribution in [-0.2, 0) is 13.1 Å². The molecule has 1 heterocycles. The summed E-state index contributed by atoms with van der Waals surface area (Å²) < 4.78 is 2.23. The molecule has 0 saturated carbocycles. The average Bonchev–Trinajstić information content (AvgIpc) is 2.67. The van der Waals surface area contributed by atoms with Crippen LogP contribution in [0.4, 0.5) is 0 Å². The Bertz CT molecular complexity index is 286. The molecule has 1 atom stereocenters. The zero-order chi connectivity index (χ0) is 11.8. The van der Waals surface area contributed by atoms with Crippen LogP contribution < -0.4 is 5.32 Å². The maximum absolute atomic E-state index is 4.19. The number of aryl methyl sites for hydroxylation is 1. The third kappa shape index (κ3) is 4.58. The molecule has 0 aliphatic carbocycles. The van der Waals surface area contributed by atoms with Gasteiger partial charge in [-0.25, -0.2) is 4.98 Å². The van der Waals surface area contributed by atoms with Crippen LogP contribution in [0.1, 0.15) is 26.0 Å². The van der Waals surface area contributed by atoms with Crippen LogP contribution in [0, 0.1) is 5.92 Å². The molecule has 1 N–H and O–H groups in total. The summed E-state index contributed by atoms with van der Waals surface area (Å²) in [6.07, 6.45) is 7.20. The number of hydrogen-bond donors (Lipinski definition) is 1. The van der Waals surface area contributed by atoms with Crippen molar-refractivity contribution in [2.75, 3.05) is 18.6 Å². The highest BCUT2D eigenvalue weighted by Gasteiger charge is 2.03. The summed E-state index contributed by atoms with van der Waals surface area (Å²) in [5, 5.41) is 3.50.